The second kappa shape index (κ2) is 4.41. The van der Waals surface area contributed by atoms with E-state index in [1.165, 1.54) is 0 Å². The van der Waals surface area contributed by atoms with E-state index >= 15 is 0 Å². The maximum atomic E-state index is 11.0. The molecular formula is C13H14N2O2. The van der Waals surface area contributed by atoms with Crippen molar-refractivity contribution in [3.8, 4) is 5.69 Å². The van der Waals surface area contributed by atoms with E-state index in [0.717, 1.165) is 11.3 Å². The average Bonchev–Trinajstić information content (AvgIpc) is 2.76. The van der Waals surface area contributed by atoms with Gasteiger partial charge in [-0.3, -0.25) is 4.79 Å². The molecule has 0 saturated carbocycles. The number of carbonyl (C=O) groups is 1. The van der Waals surface area contributed by atoms with Crippen molar-refractivity contribution < 1.29 is 9.90 Å². The first-order valence-corrected chi connectivity index (χ1v) is 5.42. The molecule has 4 heteroatoms. The molecule has 1 N–H and O–H groups in total. The van der Waals surface area contributed by atoms with E-state index in [2.05, 4.69) is 4.98 Å². The summed E-state index contributed by atoms with van der Waals surface area (Å²) in [5.41, 5.74) is 2.07. The normalized spacial score (nSPS) is 12.4. The highest BCUT2D eigenvalue weighted by molar-refractivity contribution is 5.74. The third-order valence-corrected chi connectivity index (χ3v) is 2.71. The summed E-state index contributed by atoms with van der Waals surface area (Å²) in [5, 5.41) is 9.03. The second-order valence-corrected chi connectivity index (χ2v) is 4.05. The van der Waals surface area contributed by atoms with Gasteiger partial charge in [0.2, 0.25) is 0 Å². The lowest BCUT2D eigenvalue weighted by Gasteiger charge is -2.11. The molecule has 1 atom stereocenters. The van der Waals surface area contributed by atoms with Crippen LogP contribution in [-0.2, 0) is 4.79 Å². The molecule has 17 heavy (non-hydrogen) atoms. The van der Waals surface area contributed by atoms with E-state index in [4.69, 9.17) is 5.11 Å². The molecule has 0 fully saturated rings. The van der Waals surface area contributed by atoms with Crippen LogP contribution in [0.4, 0.5) is 0 Å². The van der Waals surface area contributed by atoms with Crippen LogP contribution in [0.3, 0.4) is 0 Å². The maximum absolute atomic E-state index is 11.0. The van der Waals surface area contributed by atoms with Crippen LogP contribution in [-0.4, -0.2) is 20.6 Å². The quantitative estimate of drug-likeness (QED) is 0.880. The summed E-state index contributed by atoms with van der Waals surface area (Å²) in [7, 11) is 0. The molecule has 0 radical (unpaired) electrons. The second-order valence-electron chi connectivity index (χ2n) is 4.05. The molecule has 0 amide bonds. The van der Waals surface area contributed by atoms with Gasteiger partial charge in [0.05, 0.1) is 0 Å². The smallest absolute Gasteiger partial charge is 0.313 e. The number of hydrogen-bond acceptors (Lipinski definition) is 2. The van der Waals surface area contributed by atoms with Gasteiger partial charge in [-0.25, -0.2) is 4.98 Å². The molecule has 1 unspecified atom stereocenters. The van der Waals surface area contributed by atoms with Crippen molar-refractivity contribution in [3.63, 3.8) is 0 Å². The van der Waals surface area contributed by atoms with Gasteiger partial charge >= 0.3 is 5.97 Å². The van der Waals surface area contributed by atoms with Gasteiger partial charge in [-0.1, -0.05) is 12.1 Å². The lowest BCUT2D eigenvalue weighted by molar-refractivity contribution is -0.138. The van der Waals surface area contributed by atoms with Crippen molar-refractivity contribution in [2.24, 2.45) is 0 Å². The Kier molecular flexibility index (Phi) is 2.95. The number of nitrogens with zero attached hydrogens (tertiary/aromatic N) is 2. The molecule has 0 spiro atoms. The number of rotatable bonds is 3. The Bertz CT molecular complexity index is 546. The van der Waals surface area contributed by atoms with Crippen LogP contribution < -0.4 is 0 Å². The van der Waals surface area contributed by atoms with E-state index in [0.29, 0.717) is 5.82 Å². The summed E-state index contributed by atoms with van der Waals surface area (Å²) < 4.78 is 1.81. The molecule has 0 saturated heterocycles. The van der Waals surface area contributed by atoms with Crippen LogP contribution in [0.25, 0.3) is 5.69 Å². The minimum absolute atomic E-state index is 0.545. The number of aryl methyl sites for hydroxylation is 1. The molecule has 0 aliphatic carbocycles. The molecule has 4 nitrogen and oxygen atoms in total. The zero-order valence-electron chi connectivity index (χ0n) is 9.79. The fourth-order valence-electron chi connectivity index (χ4n) is 1.74. The first-order chi connectivity index (χ1) is 8.09. The molecule has 1 aromatic heterocycles. The van der Waals surface area contributed by atoms with Crippen LogP contribution >= 0.6 is 0 Å². The zero-order chi connectivity index (χ0) is 12.4. The van der Waals surface area contributed by atoms with Crippen molar-refractivity contribution >= 4 is 5.97 Å². The first-order valence-electron chi connectivity index (χ1n) is 5.42. The number of benzene rings is 1. The average molecular weight is 230 g/mol. The number of carboxylic acid groups (broad SMARTS) is 1. The van der Waals surface area contributed by atoms with Gasteiger partial charge in [0.15, 0.2) is 0 Å². The first kappa shape index (κ1) is 11.4. The van der Waals surface area contributed by atoms with E-state index < -0.39 is 11.9 Å². The third-order valence-electron chi connectivity index (χ3n) is 2.71. The van der Waals surface area contributed by atoms with E-state index in [1.807, 2.05) is 35.8 Å². The van der Waals surface area contributed by atoms with Gasteiger partial charge in [-0.05, 0) is 31.5 Å². The SMILES string of the molecule is Cc1cccc(-n2ccnc2C(C)C(=O)O)c1. The fraction of sp³-hybridized carbons (Fsp3) is 0.231. The highest BCUT2D eigenvalue weighted by Crippen LogP contribution is 2.19. The summed E-state index contributed by atoms with van der Waals surface area (Å²) in [5.74, 6) is -0.946. The predicted octanol–water partition coefficient (Wildman–Crippen LogP) is 2.37. The van der Waals surface area contributed by atoms with Gasteiger partial charge < -0.3 is 9.67 Å². The highest BCUT2D eigenvalue weighted by atomic mass is 16.4. The lowest BCUT2D eigenvalue weighted by atomic mass is 10.1. The maximum Gasteiger partial charge on any atom is 0.313 e. The summed E-state index contributed by atoms with van der Waals surface area (Å²) in [4.78, 5) is 15.1. The van der Waals surface area contributed by atoms with Crippen LogP contribution in [0.1, 0.15) is 24.2 Å². The summed E-state index contributed by atoms with van der Waals surface area (Å²) >= 11 is 0. The van der Waals surface area contributed by atoms with Gasteiger partial charge in [0.25, 0.3) is 0 Å². The zero-order valence-corrected chi connectivity index (χ0v) is 9.79. The lowest BCUT2D eigenvalue weighted by Crippen LogP contribution is -2.13. The van der Waals surface area contributed by atoms with E-state index in [9.17, 15) is 4.79 Å². The number of hydrogen-bond donors (Lipinski definition) is 1. The van der Waals surface area contributed by atoms with Crippen LogP contribution in [0.5, 0.6) is 0 Å². The Balaban J connectivity index is 2.47. The Morgan fingerprint density at radius 3 is 2.88 bits per heavy atom. The Morgan fingerprint density at radius 2 is 2.24 bits per heavy atom. The molecule has 2 rings (SSSR count). The van der Waals surface area contributed by atoms with Crippen molar-refractivity contribution in [1.29, 1.82) is 0 Å². The van der Waals surface area contributed by atoms with Crippen LogP contribution in [0.15, 0.2) is 36.7 Å². The summed E-state index contributed by atoms with van der Waals surface area (Å²) in [6.45, 7) is 3.64. The minimum Gasteiger partial charge on any atom is -0.481 e. The van der Waals surface area contributed by atoms with Gasteiger partial charge in [-0.2, -0.15) is 0 Å². The third kappa shape index (κ3) is 2.20. The number of imidazole rings is 1. The summed E-state index contributed by atoms with van der Waals surface area (Å²) in [6, 6.07) is 7.88. The van der Waals surface area contributed by atoms with Gasteiger partial charge in [0.1, 0.15) is 11.7 Å². The Hall–Kier alpha value is -2.10. The largest absolute Gasteiger partial charge is 0.481 e. The van der Waals surface area contributed by atoms with Crippen molar-refractivity contribution in [3.05, 3.63) is 48.0 Å². The molecule has 0 aliphatic heterocycles. The van der Waals surface area contributed by atoms with E-state index in [-0.39, 0.29) is 0 Å². The number of carboxylic acids is 1. The summed E-state index contributed by atoms with van der Waals surface area (Å²) in [6.07, 6.45) is 3.40. The number of aromatic nitrogens is 2. The van der Waals surface area contributed by atoms with Crippen LogP contribution in [0.2, 0.25) is 0 Å². The van der Waals surface area contributed by atoms with Crippen molar-refractivity contribution in [2.75, 3.05) is 0 Å². The molecule has 1 heterocycles. The fourth-order valence-corrected chi connectivity index (χ4v) is 1.74. The van der Waals surface area contributed by atoms with Crippen LogP contribution in [0, 0.1) is 6.92 Å². The predicted molar refractivity (Wildman–Crippen MR) is 64.4 cm³/mol. The highest BCUT2D eigenvalue weighted by Gasteiger charge is 2.19. The standard InChI is InChI=1S/C13H14N2O2/c1-9-4-3-5-11(8-9)15-7-6-14-12(15)10(2)13(16)17/h3-8,10H,1-2H3,(H,16,17). The van der Waals surface area contributed by atoms with Gasteiger partial charge in [0, 0.05) is 18.1 Å². The Labute approximate surface area is 99.5 Å². The Morgan fingerprint density at radius 1 is 1.47 bits per heavy atom. The topological polar surface area (TPSA) is 55.1 Å². The molecule has 2 aromatic rings. The minimum atomic E-state index is -0.870. The van der Waals surface area contributed by atoms with E-state index in [1.54, 1.807) is 19.3 Å². The monoisotopic (exact) mass is 230 g/mol. The molecule has 1 aromatic carbocycles. The van der Waals surface area contributed by atoms with Crippen molar-refractivity contribution in [1.82, 2.24) is 9.55 Å². The molecule has 0 aliphatic rings. The molecule has 0 bridgehead atoms. The van der Waals surface area contributed by atoms with Crippen molar-refractivity contribution in [2.45, 2.75) is 19.8 Å². The molecule has 88 valence electrons. The number of aliphatic carboxylic acids is 1. The van der Waals surface area contributed by atoms with Gasteiger partial charge in [-0.15, -0.1) is 0 Å². The molecular weight excluding hydrogens is 216 g/mol.